The third kappa shape index (κ3) is 3.71. The Hall–Kier alpha value is -2.03. The Bertz CT molecular complexity index is 496. The van der Waals surface area contributed by atoms with Gasteiger partial charge in [-0.2, -0.15) is 0 Å². The lowest BCUT2D eigenvalue weighted by molar-refractivity contribution is 0.745. The number of pyridine rings is 1. The van der Waals surface area contributed by atoms with E-state index in [1.54, 1.807) is 0 Å². The number of nitrogens with one attached hydrogen (secondary N) is 2. The van der Waals surface area contributed by atoms with Crippen LogP contribution < -0.4 is 10.6 Å². The summed E-state index contributed by atoms with van der Waals surface area (Å²) in [4.78, 5) is 4.55. The van der Waals surface area contributed by atoms with Crippen molar-refractivity contribution in [2.75, 3.05) is 17.2 Å². The Morgan fingerprint density at radius 2 is 1.68 bits per heavy atom. The summed E-state index contributed by atoms with van der Waals surface area (Å²) in [6.45, 7) is 5.13. The lowest BCUT2D eigenvalue weighted by atomic mass is 10.0. The van der Waals surface area contributed by atoms with Crippen molar-refractivity contribution < 1.29 is 0 Å². The largest absolute Gasteiger partial charge is 0.370 e. The van der Waals surface area contributed by atoms with Crippen LogP contribution in [0, 0.1) is 0 Å². The van der Waals surface area contributed by atoms with E-state index in [1.165, 1.54) is 5.56 Å². The minimum absolute atomic E-state index is 0.297. The molecule has 1 heterocycles. The Balaban J connectivity index is 2.12. The predicted octanol–water partition coefficient (Wildman–Crippen LogP) is 4.08. The summed E-state index contributed by atoms with van der Waals surface area (Å²) in [5.74, 6) is 1.82. The Morgan fingerprint density at radius 1 is 0.947 bits per heavy atom. The molecule has 2 N–H and O–H groups in total. The van der Waals surface area contributed by atoms with Crippen molar-refractivity contribution in [2.45, 2.75) is 26.3 Å². The van der Waals surface area contributed by atoms with Gasteiger partial charge in [0.1, 0.15) is 11.6 Å². The maximum atomic E-state index is 4.55. The van der Waals surface area contributed by atoms with Crippen LogP contribution in [0.1, 0.15) is 31.9 Å². The van der Waals surface area contributed by atoms with Crippen molar-refractivity contribution in [3.63, 3.8) is 0 Å². The summed E-state index contributed by atoms with van der Waals surface area (Å²) < 4.78 is 0. The van der Waals surface area contributed by atoms with Crippen LogP contribution in [0.25, 0.3) is 0 Å². The van der Waals surface area contributed by atoms with Crippen LogP contribution >= 0.6 is 0 Å². The van der Waals surface area contributed by atoms with E-state index in [9.17, 15) is 0 Å². The molecule has 0 aliphatic rings. The lowest BCUT2D eigenvalue weighted by Gasteiger charge is -2.18. The van der Waals surface area contributed by atoms with Gasteiger partial charge in [0, 0.05) is 6.54 Å². The lowest BCUT2D eigenvalue weighted by Crippen LogP contribution is -2.11. The molecule has 0 aliphatic carbocycles. The highest BCUT2D eigenvalue weighted by atomic mass is 15.1. The number of hydrogen-bond donors (Lipinski definition) is 2. The van der Waals surface area contributed by atoms with E-state index in [4.69, 9.17) is 0 Å². The number of aromatic nitrogens is 1. The quantitative estimate of drug-likeness (QED) is 0.816. The molecule has 0 amide bonds. The number of benzene rings is 1. The Morgan fingerprint density at radius 3 is 2.37 bits per heavy atom. The van der Waals surface area contributed by atoms with Gasteiger partial charge in [-0.1, -0.05) is 43.3 Å². The zero-order valence-corrected chi connectivity index (χ0v) is 11.6. The summed E-state index contributed by atoms with van der Waals surface area (Å²) in [6, 6.07) is 16.8. The number of hydrogen-bond acceptors (Lipinski definition) is 3. The van der Waals surface area contributed by atoms with E-state index in [-0.39, 0.29) is 0 Å². The first kappa shape index (κ1) is 13.4. The highest BCUT2D eigenvalue weighted by Gasteiger charge is 2.09. The first-order chi connectivity index (χ1) is 9.33. The molecule has 1 aromatic heterocycles. The van der Waals surface area contributed by atoms with Crippen LogP contribution in [0.5, 0.6) is 0 Å². The van der Waals surface area contributed by atoms with Crippen LogP contribution in [-0.2, 0) is 0 Å². The van der Waals surface area contributed by atoms with E-state index in [1.807, 2.05) is 24.3 Å². The van der Waals surface area contributed by atoms with E-state index in [0.29, 0.717) is 6.04 Å². The molecule has 0 radical (unpaired) electrons. The monoisotopic (exact) mass is 255 g/mol. The predicted molar refractivity (Wildman–Crippen MR) is 81.5 cm³/mol. The van der Waals surface area contributed by atoms with Gasteiger partial charge in [-0.05, 0) is 31.0 Å². The molecule has 2 rings (SSSR count). The number of nitrogens with zero attached hydrogens (tertiary/aromatic N) is 1. The summed E-state index contributed by atoms with van der Waals surface area (Å²) in [7, 11) is 0. The molecule has 1 aromatic carbocycles. The molecule has 3 nitrogen and oxygen atoms in total. The average molecular weight is 255 g/mol. The van der Waals surface area contributed by atoms with Gasteiger partial charge in [0.15, 0.2) is 0 Å². The van der Waals surface area contributed by atoms with E-state index >= 15 is 0 Å². The van der Waals surface area contributed by atoms with Crippen molar-refractivity contribution in [2.24, 2.45) is 0 Å². The minimum Gasteiger partial charge on any atom is -0.370 e. The zero-order valence-electron chi connectivity index (χ0n) is 11.6. The molecule has 0 fully saturated rings. The molecule has 3 heteroatoms. The second kappa shape index (κ2) is 6.78. The fourth-order valence-electron chi connectivity index (χ4n) is 2.08. The molecule has 1 atom stereocenters. The zero-order chi connectivity index (χ0) is 13.5. The van der Waals surface area contributed by atoms with Gasteiger partial charge in [0.05, 0.1) is 6.04 Å². The molecule has 0 aliphatic heterocycles. The molecular weight excluding hydrogens is 234 g/mol. The fraction of sp³-hybridized carbons (Fsp3) is 0.312. The van der Waals surface area contributed by atoms with E-state index in [2.05, 4.69) is 53.7 Å². The normalized spacial score (nSPS) is 11.9. The molecule has 2 aromatic rings. The minimum atomic E-state index is 0.297. The van der Waals surface area contributed by atoms with Crippen LogP contribution in [0.3, 0.4) is 0 Å². The van der Waals surface area contributed by atoms with Crippen LogP contribution in [0.4, 0.5) is 11.6 Å². The molecular formula is C16H21N3. The van der Waals surface area contributed by atoms with E-state index in [0.717, 1.165) is 24.6 Å². The highest BCUT2D eigenvalue weighted by molar-refractivity contribution is 5.46. The Kier molecular flexibility index (Phi) is 4.78. The Labute approximate surface area is 115 Å². The van der Waals surface area contributed by atoms with Crippen LogP contribution in [0.15, 0.2) is 48.5 Å². The maximum Gasteiger partial charge on any atom is 0.128 e. The summed E-state index contributed by atoms with van der Waals surface area (Å²) in [5, 5.41) is 6.72. The maximum absolute atomic E-state index is 4.55. The molecule has 100 valence electrons. The summed E-state index contributed by atoms with van der Waals surface area (Å²) in [6.07, 6.45) is 1.02. The fourth-order valence-corrected chi connectivity index (χ4v) is 2.08. The van der Waals surface area contributed by atoms with Crippen molar-refractivity contribution in [3.8, 4) is 0 Å². The standard InChI is InChI=1S/C16H21N3/c1-3-14(13-9-6-5-7-10-13)18-16-12-8-11-15(19-16)17-4-2/h5-12,14H,3-4H2,1-2H3,(H2,17,18,19). The smallest absolute Gasteiger partial charge is 0.128 e. The first-order valence-corrected chi connectivity index (χ1v) is 6.86. The van der Waals surface area contributed by atoms with E-state index < -0.39 is 0 Å². The van der Waals surface area contributed by atoms with Crippen LogP contribution in [0.2, 0.25) is 0 Å². The average Bonchev–Trinajstić information content (AvgIpc) is 2.46. The highest BCUT2D eigenvalue weighted by Crippen LogP contribution is 2.21. The SMILES string of the molecule is CCNc1cccc(NC(CC)c2ccccc2)n1. The molecule has 1 unspecified atom stereocenters. The third-order valence-corrected chi connectivity index (χ3v) is 3.04. The molecule has 0 saturated heterocycles. The molecule has 19 heavy (non-hydrogen) atoms. The van der Waals surface area contributed by atoms with Gasteiger partial charge in [-0.3, -0.25) is 0 Å². The van der Waals surface area contributed by atoms with Gasteiger partial charge in [0.2, 0.25) is 0 Å². The van der Waals surface area contributed by atoms with Crippen molar-refractivity contribution in [3.05, 3.63) is 54.1 Å². The second-order valence-corrected chi connectivity index (χ2v) is 4.45. The number of anilines is 2. The second-order valence-electron chi connectivity index (χ2n) is 4.45. The summed E-state index contributed by atoms with van der Waals surface area (Å²) >= 11 is 0. The molecule has 0 saturated carbocycles. The molecule has 0 bridgehead atoms. The van der Waals surface area contributed by atoms with Gasteiger partial charge in [-0.25, -0.2) is 4.98 Å². The summed E-state index contributed by atoms with van der Waals surface area (Å²) in [5.41, 5.74) is 1.29. The van der Waals surface area contributed by atoms with Crippen LogP contribution in [-0.4, -0.2) is 11.5 Å². The van der Waals surface area contributed by atoms with Gasteiger partial charge in [-0.15, -0.1) is 0 Å². The van der Waals surface area contributed by atoms with Gasteiger partial charge < -0.3 is 10.6 Å². The number of rotatable bonds is 6. The van der Waals surface area contributed by atoms with Crippen molar-refractivity contribution >= 4 is 11.6 Å². The first-order valence-electron chi connectivity index (χ1n) is 6.86. The van der Waals surface area contributed by atoms with Gasteiger partial charge in [0.25, 0.3) is 0 Å². The topological polar surface area (TPSA) is 37.0 Å². The van der Waals surface area contributed by atoms with Crippen molar-refractivity contribution in [1.29, 1.82) is 0 Å². The van der Waals surface area contributed by atoms with Gasteiger partial charge >= 0.3 is 0 Å². The van der Waals surface area contributed by atoms with Crippen molar-refractivity contribution in [1.82, 2.24) is 4.98 Å². The third-order valence-electron chi connectivity index (χ3n) is 3.04. The molecule has 0 spiro atoms.